The number of pyridine rings is 1. The number of aromatic nitrogens is 2. The number of rotatable bonds is 3. The number of nitrogens with two attached hydrogens (primary N) is 1. The molecule has 0 radical (unpaired) electrons. The molecule has 17 heavy (non-hydrogen) atoms. The van der Waals surface area contributed by atoms with Gasteiger partial charge in [0.15, 0.2) is 10.9 Å². The Morgan fingerprint density at radius 2 is 2.18 bits per heavy atom. The molecule has 0 bridgehead atoms. The zero-order valence-corrected chi connectivity index (χ0v) is 11.0. The number of nitrogen functional groups attached to an aromatic ring is 1. The van der Waals surface area contributed by atoms with Crippen LogP contribution < -0.4 is 11.1 Å². The molecule has 0 amide bonds. The van der Waals surface area contributed by atoms with Gasteiger partial charge in [0.1, 0.15) is 0 Å². The predicted octanol–water partition coefficient (Wildman–Crippen LogP) is 3.30. The highest BCUT2D eigenvalue weighted by Gasteiger charge is 2.08. The molecule has 2 rings (SSSR count). The quantitative estimate of drug-likeness (QED) is 0.874. The van der Waals surface area contributed by atoms with Crippen LogP contribution in [0.3, 0.4) is 0 Å². The van der Waals surface area contributed by atoms with Gasteiger partial charge in [-0.3, -0.25) is 0 Å². The molecule has 0 saturated heterocycles. The molecule has 90 valence electrons. The van der Waals surface area contributed by atoms with Gasteiger partial charge in [0.2, 0.25) is 0 Å². The van der Waals surface area contributed by atoms with Gasteiger partial charge in [-0.05, 0) is 24.5 Å². The molecular formula is C12H16N4S. The van der Waals surface area contributed by atoms with Crippen LogP contribution in [0, 0.1) is 6.92 Å². The third kappa shape index (κ3) is 2.55. The first-order chi connectivity index (χ1) is 8.08. The second-order valence-corrected chi connectivity index (χ2v) is 5.11. The molecule has 0 unspecified atom stereocenters. The van der Waals surface area contributed by atoms with E-state index in [2.05, 4.69) is 34.5 Å². The molecule has 5 heteroatoms. The number of thiazole rings is 1. The van der Waals surface area contributed by atoms with Crippen LogP contribution in [-0.2, 0) is 0 Å². The molecule has 0 spiro atoms. The van der Waals surface area contributed by atoms with Gasteiger partial charge in [-0.15, -0.1) is 11.3 Å². The van der Waals surface area contributed by atoms with Crippen molar-refractivity contribution in [3.05, 3.63) is 28.9 Å². The number of hydrogen-bond acceptors (Lipinski definition) is 5. The van der Waals surface area contributed by atoms with Crippen molar-refractivity contribution in [2.75, 3.05) is 11.1 Å². The first-order valence-corrected chi connectivity index (χ1v) is 6.39. The monoisotopic (exact) mass is 248 g/mol. The average Bonchev–Trinajstić information content (AvgIpc) is 2.73. The summed E-state index contributed by atoms with van der Waals surface area (Å²) in [5.74, 6) is 1.11. The topological polar surface area (TPSA) is 63.8 Å². The van der Waals surface area contributed by atoms with E-state index in [1.807, 2.05) is 13.0 Å². The van der Waals surface area contributed by atoms with Crippen LogP contribution in [0.2, 0.25) is 0 Å². The molecule has 2 aromatic rings. The van der Waals surface area contributed by atoms with Crippen molar-refractivity contribution >= 4 is 28.0 Å². The van der Waals surface area contributed by atoms with Crippen molar-refractivity contribution in [1.29, 1.82) is 0 Å². The molecule has 0 aliphatic carbocycles. The molecule has 0 aliphatic rings. The highest BCUT2D eigenvalue weighted by atomic mass is 32.1. The van der Waals surface area contributed by atoms with Crippen molar-refractivity contribution in [3.63, 3.8) is 0 Å². The number of aryl methyl sites for hydroxylation is 1. The first-order valence-electron chi connectivity index (χ1n) is 5.51. The normalized spacial score (nSPS) is 10.8. The summed E-state index contributed by atoms with van der Waals surface area (Å²) in [6, 6.07) is 1.89. The van der Waals surface area contributed by atoms with Gasteiger partial charge < -0.3 is 11.1 Å². The van der Waals surface area contributed by atoms with Gasteiger partial charge in [0.05, 0.1) is 11.4 Å². The minimum atomic E-state index is 0.435. The van der Waals surface area contributed by atoms with Crippen LogP contribution in [-0.4, -0.2) is 9.97 Å². The summed E-state index contributed by atoms with van der Waals surface area (Å²) < 4.78 is 0. The summed E-state index contributed by atoms with van der Waals surface area (Å²) in [6.07, 6.45) is 1.74. The average molecular weight is 248 g/mol. The van der Waals surface area contributed by atoms with Gasteiger partial charge in [-0.2, -0.15) is 0 Å². The van der Waals surface area contributed by atoms with Crippen molar-refractivity contribution in [3.8, 4) is 0 Å². The van der Waals surface area contributed by atoms with E-state index in [1.54, 1.807) is 17.5 Å². The van der Waals surface area contributed by atoms with Crippen molar-refractivity contribution < 1.29 is 0 Å². The minimum Gasteiger partial charge on any atom is -0.396 e. The second kappa shape index (κ2) is 4.71. The Bertz CT molecular complexity index is 519. The summed E-state index contributed by atoms with van der Waals surface area (Å²) in [4.78, 5) is 8.71. The van der Waals surface area contributed by atoms with Gasteiger partial charge in [-0.1, -0.05) is 13.8 Å². The Labute approximate surface area is 105 Å². The fourth-order valence-corrected chi connectivity index (χ4v) is 2.25. The number of nitrogens with one attached hydrogen (secondary N) is 1. The fourth-order valence-electron chi connectivity index (χ4n) is 1.38. The van der Waals surface area contributed by atoms with Crippen LogP contribution >= 0.6 is 11.3 Å². The Balaban J connectivity index is 2.22. The maximum atomic E-state index is 5.95. The first kappa shape index (κ1) is 11.9. The minimum absolute atomic E-state index is 0.435. The molecule has 0 saturated carbocycles. The van der Waals surface area contributed by atoms with E-state index in [9.17, 15) is 0 Å². The van der Waals surface area contributed by atoms with Crippen LogP contribution in [0.25, 0.3) is 0 Å². The van der Waals surface area contributed by atoms with Crippen molar-refractivity contribution in [2.24, 2.45) is 0 Å². The smallest absolute Gasteiger partial charge is 0.188 e. The lowest BCUT2D eigenvalue weighted by molar-refractivity contribution is 0.834. The summed E-state index contributed by atoms with van der Waals surface area (Å²) in [7, 11) is 0. The Morgan fingerprint density at radius 3 is 2.82 bits per heavy atom. The summed E-state index contributed by atoms with van der Waals surface area (Å²) in [6.45, 7) is 6.21. The lowest BCUT2D eigenvalue weighted by Crippen LogP contribution is -2.00. The van der Waals surface area contributed by atoms with E-state index in [0.29, 0.717) is 17.4 Å². The van der Waals surface area contributed by atoms with E-state index in [0.717, 1.165) is 16.4 Å². The molecule has 2 aromatic heterocycles. The van der Waals surface area contributed by atoms with Crippen molar-refractivity contribution in [1.82, 2.24) is 9.97 Å². The summed E-state index contributed by atoms with van der Waals surface area (Å²) in [5, 5.41) is 6.05. The number of anilines is 3. The lowest BCUT2D eigenvalue weighted by atomic mass is 10.2. The Kier molecular flexibility index (Phi) is 3.28. The fraction of sp³-hybridized carbons (Fsp3) is 0.333. The van der Waals surface area contributed by atoms with Gasteiger partial charge in [-0.25, -0.2) is 9.97 Å². The van der Waals surface area contributed by atoms with Gasteiger partial charge in [0.25, 0.3) is 0 Å². The standard InChI is InChI=1S/C12H16N4S/c1-7(2)9-6-17-12(15-9)16-11-10(13)8(3)4-5-14-11/h4-7H,13H2,1-3H3,(H,14,15,16). The molecule has 0 aliphatic heterocycles. The molecule has 0 fully saturated rings. The highest BCUT2D eigenvalue weighted by molar-refractivity contribution is 7.13. The van der Waals surface area contributed by atoms with E-state index in [1.165, 1.54) is 0 Å². The van der Waals surface area contributed by atoms with E-state index in [4.69, 9.17) is 5.73 Å². The van der Waals surface area contributed by atoms with Crippen molar-refractivity contribution in [2.45, 2.75) is 26.7 Å². The summed E-state index contributed by atoms with van der Waals surface area (Å²) in [5.41, 5.74) is 8.73. The Morgan fingerprint density at radius 1 is 1.41 bits per heavy atom. The van der Waals surface area contributed by atoms with E-state index < -0.39 is 0 Å². The number of nitrogens with zero attached hydrogens (tertiary/aromatic N) is 2. The van der Waals surface area contributed by atoms with E-state index in [-0.39, 0.29) is 0 Å². The Hall–Kier alpha value is -1.62. The van der Waals surface area contributed by atoms with E-state index >= 15 is 0 Å². The largest absolute Gasteiger partial charge is 0.396 e. The molecule has 0 atom stereocenters. The zero-order chi connectivity index (χ0) is 12.4. The highest BCUT2D eigenvalue weighted by Crippen LogP contribution is 2.27. The SMILES string of the molecule is Cc1ccnc(Nc2nc(C(C)C)cs2)c1N. The molecule has 3 N–H and O–H groups in total. The van der Waals surface area contributed by atoms with Gasteiger partial charge in [0, 0.05) is 11.6 Å². The third-order valence-electron chi connectivity index (χ3n) is 2.55. The summed E-state index contributed by atoms with van der Waals surface area (Å²) >= 11 is 1.57. The lowest BCUT2D eigenvalue weighted by Gasteiger charge is -2.07. The maximum Gasteiger partial charge on any atom is 0.188 e. The molecular weight excluding hydrogens is 232 g/mol. The maximum absolute atomic E-state index is 5.95. The predicted molar refractivity (Wildman–Crippen MR) is 72.9 cm³/mol. The molecule has 2 heterocycles. The van der Waals surface area contributed by atoms with Crippen LogP contribution in [0.1, 0.15) is 31.0 Å². The third-order valence-corrected chi connectivity index (χ3v) is 3.32. The second-order valence-electron chi connectivity index (χ2n) is 4.25. The molecule has 4 nitrogen and oxygen atoms in total. The zero-order valence-electron chi connectivity index (χ0n) is 10.2. The molecule has 0 aromatic carbocycles. The van der Waals surface area contributed by atoms with Gasteiger partial charge >= 0.3 is 0 Å². The van der Waals surface area contributed by atoms with Crippen LogP contribution in [0.15, 0.2) is 17.6 Å². The van der Waals surface area contributed by atoms with Crippen LogP contribution in [0.5, 0.6) is 0 Å². The van der Waals surface area contributed by atoms with Crippen LogP contribution in [0.4, 0.5) is 16.6 Å². The number of hydrogen-bond donors (Lipinski definition) is 2.